The van der Waals surface area contributed by atoms with Gasteiger partial charge in [-0.25, -0.2) is 0 Å². The van der Waals surface area contributed by atoms with E-state index >= 15 is 0 Å². The molecule has 1 N–H and O–H groups in total. The average molecular weight is 336 g/mol. The monoisotopic (exact) mass is 336 g/mol. The minimum atomic E-state index is -0.118. The third-order valence-electron chi connectivity index (χ3n) is 5.24. The van der Waals surface area contributed by atoms with Gasteiger partial charge in [-0.15, -0.1) is 0 Å². The Bertz CT molecular complexity index is 562. The Morgan fingerprint density at radius 1 is 1.29 bits per heavy atom. The second-order valence-electron chi connectivity index (χ2n) is 7.20. The second kappa shape index (κ2) is 7.63. The van der Waals surface area contributed by atoms with E-state index in [2.05, 4.69) is 22.0 Å². The summed E-state index contributed by atoms with van der Waals surface area (Å²) in [5, 5.41) is 13.5. The highest BCUT2D eigenvalue weighted by atomic mass is 16.5. The fourth-order valence-electron chi connectivity index (χ4n) is 3.75. The van der Waals surface area contributed by atoms with Crippen LogP contribution in [-0.2, 0) is 0 Å². The van der Waals surface area contributed by atoms with E-state index in [1.165, 1.54) is 6.42 Å². The zero-order valence-electron chi connectivity index (χ0n) is 14.6. The van der Waals surface area contributed by atoms with Crippen molar-refractivity contribution < 1.29 is 14.4 Å². The predicted molar refractivity (Wildman–Crippen MR) is 89.8 cm³/mol. The van der Waals surface area contributed by atoms with Gasteiger partial charge in [0.2, 0.25) is 5.76 Å². The highest BCUT2D eigenvalue weighted by Crippen LogP contribution is 2.26. The van der Waals surface area contributed by atoms with Gasteiger partial charge in [-0.05, 0) is 39.4 Å². The first-order valence-corrected chi connectivity index (χ1v) is 8.81. The van der Waals surface area contributed by atoms with Crippen molar-refractivity contribution in [2.45, 2.75) is 13.3 Å². The van der Waals surface area contributed by atoms with Crippen LogP contribution < -0.4 is 0 Å². The van der Waals surface area contributed by atoms with Gasteiger partial charge in [0.25, 0.3) is 5.91 Å². The van der Waals surface area contributed by atoms with Crippen LogP contribution in [0.4, 0.5) is 0 Å². The molecular weight excluding hydrogens is 308 g/mol. The fraction of sp³-hybridized carbons (Fsp3) is 0.765. The van der Waals surface area contributed by atoms with Crippen LogP contribution in [0.15, 0.2) is 10.6 Å². The Balaban J connectivity index is 1.60. The van der Waals surface area contributed by atoms with E-state index in [-0.39, 0.29) is 18.4 Å². The molecule has 7 heteroatoms. The Morgan fingerprint density at radius 2 is 2.08 bits per heavy atom. The lowest BCUT2D eigenvalue weighted by atomic mass is 9.96. The second-order valence-corrected chi connectivity index (χ2v) is 7.20. The number of carbonyl (C=O) groups is 1. The Labute approximate surface area is 143 Å². The summed E-state index contributed by atoms with van der Waals surface area (Å²) in [5.41, 5.74) is 0.710. The first kappa shape index (κ1) is 17.4. The SMILES string of the molecule is Cc1cc(C(=O)N2C[C@@H](CN3CCCN(C)CC3)[C@@H](CO)C2)on1. The van der Waals surface area contributed by atoms with Gasteiger partial charge in [-0.1, -0.05) is 5.16 Å². The van der Waals surface area contributed by atoms with Gasteiger partial charge in [0.15, 0.2) is 0 Å². The topological polar surface area (TPSA) is 73.1 Å². The molecule has 2 aliphatic rings. The number of aryl methyl sites for hydroxylation is 1. The fourth-order valence-corrected chi connectivity index (χ4v) is 3.75. The van der Waals surface area contributed by atoms with E-state index in [0.717, 1.165) is 32.7 Å². The molecular formula is C17H28N4O3. The molecule has 2 saturated heterocycles. The molecule has 1 amide bonds. The molecule has 1 aromatic rings. The minimum Gasteiger partial charge on any atom is -0.396 e. The lowest BCUT2D eigenvalue weighted by Gasteiger charge is -2.26. The summed E-state index contributed by atoms with van der Waals surface area (Å²) in [6.45, 7) is 8.50. The van der Waals surface area contributed by atoms with E-state index in [9.17, 15) is 9.90 Å². The Kier molecular flexibility index (Phi) is 5.53. The number of likely N-dealkylation sites (tertiary alicyclic amines) is 1. The lowest BCUT2D eigenvalue weighted by molar-refractivity contribution is 0.0737. The number of hydrogen-bond acceptors (Lipinski definition) is 6. The third kappa shape index (κ3) is 3.96. The Morgan fingerprint density at radius 3 is 2.79 bits per heavy atom. The van der Waals surface area contributed by atoms with Crippen LogP contribution in [0.3, 0.4) is 0 Å². The van der Waals surface area contributed by atoms with Crippen molar-refractivity contribution in [2.75, 3.05) is 59.5 Å². The molecule has 3 heterocycles. The van der Waals surface area contributed by atoms with Crippen molar-refractivity contribution in [3.8, 4) is 0 Å². The quantitative estimate of drug-likeness (QED) is 0.853. The first-order chi connectivity index (χ1) is 11.6. The van der Waals surface area contributed by atoms with Crippen LogP contribution in [0.25, 0.3) is 0 Å². The maximum atomic E-state index is 12.5. The van der Waals surface area contributed by atoms with Crippen molar-refractivity contribution in [3.63, 3.8) is 0 Å². The lowest BCUT2D eigenvalue weighted by Crippen LogP contribution is -2.36. The molecule has 0 aliphatic carbocycles. The van der Waals surface area contributed by atoms with Crippen molar-refractivity contribution in [3.05, 3.63) is 17.5 Å². The standard InChI is InChI=1S/C17H28N4O3/c1-13-8-16(24-18-13)17(23)21-10-14(15(11-21)12-22)9-20-5-3-4-19(2)6-7-20/h8,14-15,22H,3-7,9-12H2,1-2H3/t14-,15-/m1/s1. The number of aromatic nitrogens is 1. The molecule has 0 bridgehead atoms. The van der Waals surface area contributed by atoms with Gasteiger partial charge < -0.3 is 24.3 Å². The summed E-state index contributed by atoms with van der Waals surface area (Å²) in [6.07, 6.45) is 1.17. The molecule has 24 heavy (non-hydrogen) atoms. The zero-order chi connectivity index (χ0) is 17.1. The van der Waals surface area contributed by atoms with E-state index < -0.39 is 0 Å². The van der Waals surface area contributed by atoms with Crippen LogP contribution in [-0.4, -0.2) is 90.3 Å². The molecule has 134 valence electrons. The summed E-state index contributed by atoms with van der Waals surface area (Å²) >= 11 is 0. The van der Waals surface area contributed by atoms with Crippen LogP contribution in [0.2, 0.25) is 0 Å². The zero-order valence-corrected chi connectivity index (χ0v) is 14.6. The Hall–Kier alpha value is -1.44. The smallest absolute Gasteiger partial charge is 0.292 e. The first-order valence-electron chi connectivity index (χ1n) is 8.81. The highest BCUT2D eigenvalue weighted by Gasteiger charge is 2.37. The van der Waals surface area contributed by atoms with E-state index in [0.29, 0.717) is 30.5 Å². The van der Waals surface area contributed by atoms with Gasteiger partial charge in [-0.3, -0.25) is 4.79 Å². The van der Waals surface area contributed by atoms with Gasteiger partial charge in [0.05, 0.1) is 5.69 Å². The molecule has 0 radical (unpaired) electrons. The number of rotatable bonds is 4. The maximum Gasteiger partial charge on any atom is 0.292 e. The van der Waals surface area contributed by atoms with Crippen LogP contribution in [0.1, 0.15) is 22.7 Å². The number of hydrogen-bond donors (Lipinski definition) is 1. The van der Waals surface area contributed by atoms with Crippen LogP contribution in [0, 0.1) is 18.8 Å². The third-order valence-corrected chi connectivity index (χ3v) is 5.24. The molecule has 7 nitrogen and oxygen atoms in total. The molecule has 2 atom stereocenters. The van der Waals surface area contributed by atoms with Gasteiger partial charge >= 0.3 is 0 Å². The van der Waals surface area contributed by atoms with Crippen LogP contribution in [0.5, 0.6) is 0 Å². The van der Waals surface area contributed by atoms with E-state index in [1.807, 2.05) is 0 Å². The molecule has 0 aromatic carbocycles. The maximum absolute atomic E-state index is 12.5. The number of amides is 1. The largest absolute Gasteiger partial charge is 0.396 e. The number of aliphatic hydroxyl groups is 1. The molecule has 0 saturated carbocycles. The molecule has 2 aliphatic heterocycles. The van der Waals surface area contributed by atoms with E-state index in [1.54, 1.807) is 17.9 Å². The molecule has 0 unspecified atom stereocenters. The minimum absolute atomic E-state index is 0.118. The average Bonchev–Trinajstić information content (AvgIpc) is 3.12. The number of carbonyl (C=O) groups excluding carboxylic acids is 1. The highest BCUT2D eigenvalue weighted by molar-refractivity contribution is 5.91. The van der Waals surface area contributed by atoms with Crippen molar-refractivity contribution in [1.29, 1.82) is 0 Å². The number of nitrogens with zero attached hydrogens (tertiary/aromatic N) is 4. The summed E-state index contributed by atoms with van der Waals surface area (Å²) in [5.74, 6) is 0.624. The predicted octanol–water partition coefficient (Wildman–Crippen LogP) is 0.301. The van der Waals surface area contributed by atoms with Crippen molar-refractivity contribution in [1.82, 2.24) is 19.9 Å². The van der Waals surface area contributed by atoms with Gasteiger partial charge in [0, 0.05) is 51.3 Å². The summed E-state index contributed by atoms with van der Waals surface area (Å²) in [7, 11) is 2.16. The molecule has 2 fully saturated rings. The summed E-state index contributed by atoms with van der Waals surface area (Å²) < 4.78 is 5.10. The summed E-state index contributed by atoms with van der Waals surface area (Å²) in [4.78, 5) is 19.2. The van der Waals surface area contributed by atoms with Gasteiger partial charge in [-0.2, -0.15) is 0 Å². The van der Waals surface area contributed by atoms with Crippen molar-refractivity contribution in [2.24, 2.45) is 11.8 Å². The number of aliphatic hydroxyl groups excluding tert-OH is 1. The van der Waals surface area contributed by atoms with Crippen LogP contribution >= 0.6 is 0 Å². The molecule has 1 aromatic heterocycles. The normalized spacial score (nSPS) is 26.7. The number of likely N-dealkylation sites (N-methyl/N-ethyl adjacent to an activating group) is 1. The molecule has 3 rings (SSSR count). The van der Waals surface area contributed by atoms with Crippen molar-refractivity contribution >= 4 is 5.91 Å². The van der Waals surface area contributed by atoms with Gasteiger partial charge in [0.1, 0.15) is 0 Å². The summed E-state index contributed by atoms with van der Waals surface area (Å²) in [6, 6.07) is 1.67. The molecule has 0 spiro atoms. The van der Waals surface area contributed by atoms with E-state index in [4.69, 9.17) is 4.52 Å².